The van der Waals surface area contributed by atoms with Crippen LogP contribution in [0.2, 0.25) is 0 Å². The zero-order valence-electron chi connectivity index (χ0n) is 15.0. The lowest BCUT2D eigenvalue weighted by atomic mass is 10.2. The molecule has 25 heavy (non-hydrogen) atoms. The number of amides is 1. The summed E-state index contributed by atoms with van der Waals surface area (Å²) in [6.45, 7) is 6.98. The van der Waals surface area contributed by atoms with Crippen LogP contribution in [0, 0.1) is 0 Å². The lowest BCUT2D eigenvalue weighted by molar-refractivity contribution is -0.119. The lowest BCUT2D eigenvalue weighted by Gasteiger charge is -2.23. The quantitative estimate of drug-likeness (QED) is 0.833. The second kappa shape index (κ2) is 8.20. The van der Waals surface area contributed by atoms with Gasteiger partial charge in [0.05, 0.1) is 24.8 Å². The van der Waals surface area contributed by atoms with Crippen LogP contribution in [0.25, 0.3) is 0 Å². The van der Waals surface area contributed by atoms with Crippen LogP contribution in [0.15, 0.2) is 24.7 Å². The molecule has 0 radical (unpaired) electrons. The first kappa shape index (κ1) is 17.5. The maximum absolute atomic E-state index is 11.1. The van der Waals surface area contributed by atoms with E-state index in [0.29, 0.717) is 6.54 Å². The number of likely N-dealkylation sites (tertiary alicyclic amines) is 1. The molecule has 7 nitrogen and oxygen atoms in total. The predicted octanol–water partition coefficient (Wildman–Crippen LogP) is 2.06. The van der Waals surface area contributed by atoms with Crippen molar-refractivity contribution in [2.75, 3.05) is 6.54 Å². The van der Waals surface area contributed by atoms with Crippen LogP contribution >= 0.6 is 0 Å². The number of nitrogens with zero attached hydrogens (tertiary/aromatic N) is 5. The Morgan fingerprint density at radius 2 is 2.24 bits per heavy atom. The average molecular weight is 342 g/mol. The molecule has 3 rings (SSSR count). The number of imidazole rings is 1. The van der Waals surface area contributed by atoms with Crippen molar-refractivity contribution in [3.63, 3.8) is 0 Å². The van der Waals surface area contributed by atoms with Gasteiger partial charge in [0, 0.05) is 32.1 Å². The van der Waals surface area contributed by atoms with E-state index in [1.54, 1.807) is 6.20 Å². The molecular weight excluding hydrogens is 316 g/mol. The van der Waals surface area contributed by atoms with Gasteiger partial charge in [0.1, 0.15) is 11.6 Å². The molecular formula is C18H26N6O. The van der Waals surface area contributed by atoms with E-state index in [9.17, 15) is 4.79 Å². The second-order valence-corrected chi connectivity index (χ2v) is 6.48. The summed E-state index contributed by atoms with van der Waals surface area (Å²) in [4.78, 5) is 27.2. The maximum atomic E-state index is 11.1. The summed E-state index contributed by atoms with van der Waals surface area (Å²) >= 11 is 0. The minimum absolute atomic E-state index is 0.0505. The molecule has 2 aromatic heterocycles. The minimum atomic E-state index is -0.0505. The van der Waals surface area contributed by atoms with Crippen LogP contribution < -0.4 is 5.32 Å². The summed E-state index contributed by atoms with van der Waals surface area (Å²) in [5.74, 6) is 1.89. The third kappa shape index (κ3) is 4.42. The third-order valence-corrected chi connectivity index (χ3v) is 4.52. The van der Waals surface area contributed by atoms with E-state index < -0.39 is 0 Å². The van der Waals surface area contributed by atoms with E-state index >= 15 is 0 Å². The topological polar surface area (TPSA) is 75.9 Å². The Labute approximate surface area is 148 Å². The number of hydrogen-bond donors (Lipinski definition) is 1. The van der Waals surface area contributed by atoms with Crippen molar-refractivity contribution in [1.29, 1.82) is 0 Å². The standard InChI is InChI=1S/C18H26N6O/c1-3-9-23-11-8-19-17(23)13-24-10-4-5-16(24)18-20-7-6-15(22-18)12-21-14(2)25/h6-8,11,16H,3-5,9-10,12-13H2,1-2H3,(H,21,25)/t16-/m0/s1. The van der Waals surface area contributed by atoms with Crippen molar-refractivity contribution in [2.24, 2.45) is 0 Å². The van der Waals surface area contributed by atoms with Crippen molar-refractivity contribution >= 4 is 5.91 Å². The largest absolute Gasteiger partial charge is 0.351 e. The molecule has 1 aliphatic rings. The van der Waals surface area contributed by atoms with E-state index in [-0.39, 0.29) is 11.9 Å². The van der Waals surface area contributed by atoms with Crippen LogP contribution in [0.3, 0.4) is 0 Å². The summed E-state index contributed by atoms with van der Waals surface area (Å²) < 4.78 is 2.23. The van der Waals surface area contributed by atoms with Gasteiger partial charge in [0.15, 0.2) is 0 Å². The zero-order chi connectivity index (χ0) is 17.6. The minimum Gasteiger partial charge on any atom is -0.351 e. The van der Waals surface area contributed by atoms with Crippen LogP contribution in [-0.2, 0) is 24.4 Å². The molecule has 0 bridgehead atoms. The molecule has 134 valence electrons. The van der Waals surface area contributed by atoms with Crippen LogP contribution in [-0.4, -0.2) is 36.9 Å². The number of nitrogens with one attached hydrogen (secondary N) is 1. The highest BCUT2D eigenvalue weighted by Crippen LogP contribution is 2.31. The SMILES string of the molecule is CCCn1ccnc1CN1CCC[C@H]1c1nccc(CNC(C)=O)n1. The Balaban J connectivity index is 1.72. The van der Waals surface area contributed by atoms with Gasteiger partial charge >= 0.3 is 0 Å². The number of rotatable bonds is 7. The molecule has 0 spiro atoms. The van der Waals surface area contributed by atoms with Gasteiger partial charge in [-0.15, -0.1) is 0 Å². The fourth-order valence-electron chi connectivity index (χ4n) is 3.31. The van der Waals surface area contributed by atoms with Crippen LogP contribution in [0.5, 0.6) is 0 Å². The molecule has 1 fully saturated rings. The Morgan fingerprint density at radius 3 is 3.04 bits per heavy atom. The second-order valence-electron chi connectivity index (χ2n) is 6.48. The van der Waals surface area contributed by atoms with Crippen molar-refractivity contribution in [3.05, 3.63) is 42.0 Å². The maximum Gasteiger partial charge on any atom is 0.217 e. The molecule has 0 aromatic carbocycles. The van der Waals surface area contributed by atoms with Gasteiger partial charge in [-0.25, -0.2) is 15.0 Å². The molecule has 2 aromatic rings. The van der Waals surface area contributed by atoms with Gasteiger partial charge < -0.3 is 9.88 Å². The van der Waals surface area contributed by atoms with Crippen molar-refractivity contribution < 1.29 is 4.79 Å². The summed E-state index contributed by atoms with van der Waals surface area (Å²) in [6.07, 6.45) is 9.00. The smallest absolute Gasteiger partial charge is 0.217 e. The van der Waals surface area contributed by atoms with Crippen LogP contribution in [0.1, 0.15) is 56.5 Å². The predicted molar refractivity (Wildman–Crippen MR) is 94.5 cm³/mol. The molecule has 1 aliphatic heterocycles. The molecule has 3 heterocycles. The van der Waals surface area contributed by atoms with Crippen molar-refractivity contribution in [2.45, 2.75) is 58.8 Å². The van der Waals surface area contributed by atoms with E-state index in [1.807, 2.05) is 12.3 Å². The lowest BCUT2D eigenvalue weighted by Crippen LogP contribution is -2.27. The molecule has 1 saturated heterocycles. The summed E-state index contributed by atoms with van der Waals surface area (Å²) in [6, 6.07) is 2.07. The average Bonchev–Trinajstić information content (AvgIpc) is 3.24. The normalized spacial score (nSPS) is 17.8. The van der Waals surface area contributed by atoms with Crippen molar-refractivity contribution in [1.82, 2.24) is 29.7 Å². The van der Waals surface area contributed by atoms with Gasteiger partial charge in [-0.2, -0.15) is 0 Å². The molecule has 0 aliphatic carbocycles. The zero-order valence-corrected chi connectivity index (χ0v) is 15.0. The van der Waals surface area contributed by atoms with Gasteiger partial charge in [-0.3, -0.25) is 9.69 Å². The summed E-state index contributed by atoms with van der Waals surface area (Å²) in [5, 5.41) is 2.79. The molecule has 0 unspecified atom stereocenters. The molecule has 0 saturated carbocycles. The number of carbonyl (C=O) groups excluding carboxylic acids is 1. The van der Waals surface area contributed by atoms with Gasteiger partial charge in [-0.05, 0) is 31.9 Å². The number of hydrogen-bond acceptors (Lipinski definition) is 5. The summed E-state index contributed by atoms with van der Waals surface area (Å²) in [7, 11) is 0. The Bertz CT molecular complexity index is 713. The van der Waals surface area contributed by atoms with E-state index in [4.69, 9.17) is 0 Å². The molecule has 1 amide bonds. The summed E-state index contributed by atoms with van der Waals surface area (Å²) in [5.41, 5.74) is 0.847. The highest BCUT2D eigenvalue weighted by atomic mass is 16.1. The number of carbonyl (C=O) groups is 1. The fourth-order valence-corrected chi connectivity index (χ4v) is 3.31. The molecule has 1 N–H and O–H groups in total. The third-order valence-electron chi connectivity index (χ3n) is 4.52. The highest BCUT2D eigenvalue weighted by Gasteiger charge is 2.29. The first-order valence-electron chi connectivity index (χ1n) is 8.97. The first-order chi connectivity index (χ1) is 12.2. The van der Waals surface area contributed by atoms with Crippen LogP contribution in [0.4, 0.5) is 0 Å². The Kier molecular flexibility index (Phi) is 5.75. The monoisotopic (exact) mass is 342 g/mol. The Hall–Kier alpha value is -2.28. The molecule has 7 heteroatoms. The number of aryl methyl sites for hydroxylation is 1. The molecule has 1 atom stereocenters. The van der Waals surface area contributed by atoms with Gasteiger partial charge in [-0.1, -0.05) is 6.92 Å². The highest BCUT2D eigenvalue weighted by molar-refractivity contribution is 5.72. The van der Waals surface area contributed by atoms with Gasteiger partial charge in [0.2, 0.25) is 5.91 Å². The van der Waals surface area contributed by atoms with E-state index in [2.05, 4.69) is 42.9 Å². The van der Waals surface area contributed by atoms with Gasteiger partial charge in [0.25, 0.3) is 0 Å². The fraction of sp³-hybridized carbons (Fsp3) is 0.556. The number of aromatic nitrogens is 4. The van der Waals surface area contributed by atoms with Crippen molar-refractivity contribution in [3.8, 4) is 0 Å². The Morgan fingerprint density at radius 1 is 1.36 bits per heavy atom. The first-order valence-corrected chi connectivity index (χ1v) is 8.97. The van der Waals surface area contributed by atoms with E-state index in [1.165, 1.54) is 6.92 Å². The van der Waals surface area contributed by atoms with E-state index in [0.717, 1.165) is 56.2 Å².